The van der Waals surface area contributed by atoms with Crippen LogP contribution >= 0.6 is 15.9 Å². The van der Waals surface area contributed by atoms with Crippen molar-refractivity contribution >= 4 is 21.6 Å². The van der Waals surface area contributed by atoms with Crippen LogP contribution in [0.3, 0.4) is 0 Å². The van der Waals surface area contributed by atoms with Gasteiger partial charge in [0.15, 0.2) is 0 Å². The first kappa shape index (κ1) is 18.2. The maximum absolute atomic E-state index is 5.49. The van der Waals surface area contributed by atoms with E-state index >= 15 is 0 Å². The lowest BCUT2D eigenvalue weighted by Gasteiger charge is -2.08. The van der Waals surface area contributed by atoms with E-state index < -0.39 is 0 Å². The van der Waals surface area contributed by atoms with E-state index in [4.69, 9.17) is 15.2 Å². The summed E-state index contributed by atoms with van der Waals surface area (Å²) in [4.78, 5) is 7.85. The molecule has 0 aliphatic heterocycles. The van der Waals surface area contributed by atoms with Crippen LogP contribution in [0.25, 0.3) is 0 Å². The Balaban J connectivity index is 0.000000220. The summed E-state index contributed by atoms with van der Waals surface area (Å²) in [5, 5.41) is 0. The molecule has 0 amide bonds. The fourth-order valence-electron chi connectivity index (χ4n) is 1.50. The van der Waals surface area contributed by atoms with Crippen molar-refractivity contribution < 1.29 is 9.47 Å². The maximum Gasteiger partial charge on any atom is 0.140 e. The number of nitrogens with two attached hydrogens (primary N) is 1. The van der Waals surface area contributed by atoms with Crippen LogP contribution in [-0.4, -0.2) is 22.2 Å². The Hall–Kier alpha value is -1.82. The number of halogens is 1. The number of nitrogens with zero attached hydrogens (tertiary/aromatic N) is 2. The van der Waals surface area contributed by atoms with Gasteiger partial charge >= 0.3 is 0 Å². The van der Waals surface area contributed by atoms with Gasteiger partial charge in [0, 0.05) is 16.7 Å². The molecule has 22 heavy (non-hydrogen) atoms. The first-order valence-electron chi connectivity index (χ1n) is 7.01. The molecule has 0 spiro atoms. The van der Waals surface area contributed by atoms with Gasteiger partial charge in [-0.2, -0.15) is 0 Å². The Bertz CT molecular complexity index is 525. The average Bonchev–Trinajstić information content (AvgIpc) is 2.37. The SMILES string of the molecule is CC(C)Oc1cncc(Br)c1.CC(C)Oc1cncc(N)c1. The van der Waals surface area contributed by atoms with Crippen LogP contribution in [0.4, 0.5) is 5.69 Å². The highest BCUT2D eigenvalue weighted by atomic mass is 79.9. The lowest BCUT2D eigenvalue weighted by molar-refractivity contribution is 0.241. The maximum atomic E-state index is 5.49. The summed E-state index contributed by atoms with van der Waals surface area (Å²) in [7, 11) is 0. The van der Waals surface area contributed by atoms with Gasteiger partial charge < -0.3 is 15.2 Å². The van der Waals surface area contributed by atoms with Crippen LogP contribution in [0.1, 0.15) is 27.7 Å². The highest BCUT2D eigenvalue weighted by Crippen LogP contribution is 2.16. The van der Waals surface area contributed by atoms with E-state index in [1.54, 1.807) is 30.9 Å². The van der Waals surface area contributed by atoms with Gasteiger partial charge in [0.1, 0.15) is 11.5 Å². The molecular weight excluding hydrogens is 346 g/mol. The summed E-state index contributed by atoms with van der Waals surface area (Å²) in [6, 6.07) is 3.65. The number of anilines is 1. The molecule has 6 heteroatoms. The zero-order valence-corrected chi connectivity index (χ0v) is 14.9. The largest absolute Gasteiger partial charge is 0.489 e. The molecule has 0 saturated carbocycles. The van der Waals surface area contributed by atoms with Crippen LogP contribution in [0.15, 0.2) is 41.4 Å². The van der Waals surface area contributed by atoms with Crippen molar-refractivity contribution in [2.75, 3.05) is 5.73 Å². The minimum Gasteiger partial charge on any atom is -0.489 e. The highest BCUT2D eigenvalue weighted by Gasteiger charge is 1.97. The monoisotopic (exact) mass is 367 g/mol. The topological polar surface area (TPSA) is 70.3 Å². The molecule has 5 nitrogen and oxygen atoms in total. The molecule has 120 valence electrons. The number of ether oxygens (including phenoxy) is 2. The smallest absolute Gasteiger partial charge is 0.140 e. The van der Waals surface area contributed by atoms with Crippen LogP contribution in [0.5, 0.6) is 11.5 Å². The Labute approximate surface area is 140 Å². The number of aromatic nitrogens is 2. The second-order valence-electron chi connectivity index (χ2n) is 5.13. The molecule has 0 bridgehead atoms. The van der Waals surface area contributed by atoms with Crippen molar-refractivity contribution in [1.82, 2.24) is 9.97 Å². The van der Waals surface area contributed by atoms with Gasteiger partial charge in [-0.3, -0.25) is 9.97 Å². The summed E-state index contributed by atoms with van der Waals surface area (Å²) in [5.74, 6) is 1.52. The van der Waals surface area contributed by atoms with Crippen molar-refractivity contribution in [1.29, 1.82) is 0 Å². The van der Waals surface area contributed by atoms with E-state index in [1.165, 1.54) is 0 Å². The van der Waals surface area contributed by atoms with E-state index in [9.17, 15) is 0 Å². The number of nitrogen functional groups attached to an aromatic ring is 1. The summed E-state index contributed by atoms with van der Waals surface area (Å²) < 4.78 is 11.7. The summed E-state index contributed by atoms with van der Waals surface area (Å²) in [6.45, 7) is 7.90. The molecule has 0 unspecified atom stereocenters. The second-order valence-corrected chi connectivity index (χ2v) is 6.04. The zero-order chi connectivity index (χ0) is 16.5. The quantitative estimate of drug-likeness (QED) is 0.881. The third kappa shape index (κ3) is 7.83. The Morgan fingerprint density at radius 1 is 0.864 bits per heavy atom. The minimum absolute atomic E-state index is 0.165. The van der Waals surface area contributed by atoms with Crippen molar-refractivity contribution in [2.24, 2.45) is 0 Å². The Kier molecular flexibility index (Phi) is 7.66. The standard InChI is InChI=1S/C8H10BrNO.C8H12N2O/c2*1-6(2)11-8-3-7(9)4-10-5-8/h3-6H,1-2H3;3-6H,9H2,1-2H3. The molecule has 2 N–H and O–H groups in total. The molecule has 2 aromatic rings. The molecule has 0 saturated heterocycles. The predicted octanol–water partition coefficient (Wildman–Crippen LogP) is 4.08. The van der Waals surface area contributed by atoms with Gasteiger partial charge in [-0.25, -0.2) is 0 Å². The molecule has 0 aliphatic carbocycles. The van der Waals surface area contributed by atoms with Crippen molar-refractivity contribution in [3.63, 3.8) is 0 Å². The summed E-state index contributed by atoms with van der Waals surface area (Å²) >= 11 is 3.31. The van der Waals surface area contributed by atoms with Crippen LogP contribution < -0.4 is 15.2 Å². The molecule has 0 fully saturated rings. The van der Waals surface area contributed by atoms with Gasteiger partial charge in [-0.1, -0.05) is 0 Å². The third-order valence-corrected chi connectivity index (χ3v) is 2.59. The van der Waals surface area contributed by atoms with Crippen LogP contribution in [0.2, 0.25) is 0 Å². The van der Waals surface area contributed by atoms with Gasteiger partial charge in [-0.15, -0.1) is 0 Å². The van der Waals surface area contributed by atoms with Gasteiger partial charge in [0.25, 0.3) is 0 Å². The van der Waals surface area contributed by atoms with Gasteiger partial charge in [0.2, 0.25) is 0 Å². The molecule has 0 aliphatic rings. The molecule has 2 heterocycles. The summed E-state index contributed by atoms with van der Waals surface area (Å²) in [6.07, 6.45) is 7.03. The molecule has 2 aromatic heterocycles. The number of rotatable bonds is 4. The Morgan fingerprint density at radius 2 is 1.36 bits per heavy atom. The zero-order valence-electron chi connectivity index (χ0n) is 13.3. The average molecular weight is 368 g/mol. The van der Waals surface area contributed by atoms with Gasteiger partial charge in [-0.05, 0) is 49.7 Å². The van der Waals surface area contributed by atoms with Crippen molar-refractivity contribution in [3.8, 4) is 11.5 Å². The lowest BCUT2D eigenvalue weighted by Crippen LogP contribution is -2.05. The third-order valence-electron chi connectivity index (χ3n) is 2.16. The molecule has 0 aromatic carbocycles. The second kappa shape index (κ2) is 9.25. The first-order valence-corrected chi connectivity index (χ1v) is 7.80. The van der Waals surface area contributed by atoms with Gasteiger partial charge in [0.05, 0.1) is 36.5 Å². The van der Waals surface area contributed by atoms with E-state index in [-0.39, 0.29) is 12.2 Å². The van der Waals surface area contributed by atoms with E-state index in [1.807, 2.05) is 33.8 Å². The van der Waals surface area contributed by atoms with Crippen LogP contribution in [0, 0.1) is 0 Å². The molecule has 0 radical (unpaired) electrons. The summed E-state index contributed by atoms with van der Waals surface area (Å²) in [5.41, 5.74) is 6.12. The van der Waals surface area contributed by atoms with E-state index in [2.05, 4.69) is 25.9 Å². The fourth-order valence-corrected chi connectivity index (χ4v) is 1.85. The number of hydrogen-bond acceptors (Lipinski definition) is 5. The Morgan fingerprint density at radius 3 is 1.82 bits per heavy atom. The first-order chi connectivity index (χ1) is 10.4. The van der Waals surface area contributed by atoms with Crippen molar-refractivity contribution in [3.05, 3.63) is 41.4 Å². The normalized spacial score (nSPS) is 10.1. The lowest BCUT2D eigenvalue weighted by atomic mass is 10.4. The van der Waals surface area contributed by atoms with E-state index in [0.717, 1.165) is 16.0 Å². The predicted molar refractivity (Wildman–Crippen MR) is 92.1 cm³/mol. The highest BCUT2D eigenvalue weighted by molar-refractivity contribution is 9.10. The van der Waals surface area contributed by atoms with Crippen molar-refractivity contribution in [2.45, 2.75) is 39.9 Å². The molecule has 2 rings (SSSR count). The number of hydrogen-bond donors (Lipinski definition) is 1. The van der Waals surface area contributed by atoms with E-state index in [0.29, 0.717) is 5.69 Å². The van der Waals surface area contributed by atoms with Crippen LogP contribution in [-0.2, 0) is 0 Å². The minimum atomic E-state index is 0.165. The number of pyridine rings is 2. The fraction of sp³-hybridized carbons (Fsp3) is 0.375. The molecular formula is C16H22BrN3O2. The molecule has 0 atom stereocenters.